The summed E-state index contributed by atoms with van der Waals surface area (Å²) in [7, 11) is 0. The molecule has 0 aliphatic heterocycles. The quantitative estimate of drug-likeness (QED) is 0.759. The van der Waals surface area contributed by atoms with E-state index < -0.39 is 0 Å². The van der Waals surface area contributed by atoms with Crippen LogP contribution in [0.1, 0.15) is 39.7 Å². The Balaban J connectivity index is 2.41. The molecule has 1 unspecified atom stereocenters. The summed E-state index contributed by atoms with van der Waals surface area (Å²) in [6.45, 7) is 12.2. The van der Waals surface area contributed by atoms with Crippen LogP contribution in [0.15, 0.2) is 30.3 Å². The fourth-order valence-electron chi connectivity index (χ4n) is 1.94. The van der Waals surface area contributed by atoms with Gasteiger partial charge in [-0.3, -0.25) is 4.90 Å². The van der Waals surface area contributed by atoms with Crippen molar-refractivity contribution in [3.05, 3.63) is 35.9 Å². The fourth-order valence-corrected chi connectivity index (χ4v) is 1.94. The molecular weight excluding hydrogens is 220 g/mol. The van der Waals surface area contributed by atoms with Crippen LogP contribution in [-0.2, 0) is 6.54 Å². The predicted octanol–water partition coefficient (Wildman–Crippen LogP) is 3.29. The van der Waals surface area contributed by atoms with Crippen molar-refractivity contribution in [3.63, 3.8) is 0 Å². The molecule has 0 aliphatic rings. The van der Waals surface area contributed by atoms with Gasteiger partial charge in [0.1, 0.15) is 0 Å². The van der Waals surface area contributed by atoms with Crippen LogP contribution in [0.4, 0.5) is 0 Å². The molecule has 0 saturated carbocycles. The van der Waals surface area contributed by atoms with E-state index in [1.54, 1.807) is 0 Å². The summed E-state index contributed by atoms with van der Waals surface area (Å²) in [4.78, 5) is 2.52. The average molecular weight is 248 g/mol. The SMILES string of the molecule is CCC(C)NCCN(Cc1ccccc1)C(C)C. The molecule has 0 saturated heterocycles. The summed E-state index contributed by atoms with van der Waals surface area (Å²) in [6, 6.07) is 11.9. The van der Waals surface area contributed by atoms with Crippen LogP contribution < -0.4 is 5.32 Å². The van der Waals surface area contributed by atoms with Crippen LogP contribution >= 0.6 is 0 Å². The van der Waals surface area contributed by atoms with E-state index in [1.807, 2.05) is 0 Å². The Kier molecular flexibility index (Phi) is 6.99. The molecule has 1 aromatic carbocycles. The molecule has 0 aliphatic carbocycles. The van der Waals surface area contributed by atoms with Crippen LogP contribution in [-0.4, -0.2) is 30.1 Å². The lowest BCUT2D eigenvalue weighted by Gasteiger charge is -2.27. The Bertz CT molecular complexity index is 308. The second-order valence-electron chi connectivity index (χ2n) is 5.31. The van der Waals surface area contributed by atoms with Crippen molar-refractivity contribution < 1.29 is 0 Å². The van der Waals surface area contributed by atoms with Gasteiger partial charge < -0.3 is 5.32 Å². The van der Waals surface area contributed by atoms with E-state index in [2.05, 4.69) is 68.2 Å². The van der Waals surface area contributed by atoms with E-state index in [4.69, 9.17) is 0 Å². The van der Waals surface area contributed by atoms with E-state index >= 15 is 0 Å². The smallest absolute Gasteiger partial charge is 0.0236 e. The Hall–Kier alpha value is -0.860. The summed E-state index contributed by atoms with van der Waals surface area (Å²) < 4.78 is 0. The molecule has 0 heterocycles. The summed E-state index contributed by atoms with van der Waals surface area (Å²) >= 11 is 0. The normalized spacial score (nSPS) is 13.2. The molecule has 2 nitrogen and oxygen atoms in total. The van der Waals surface area contributed by atoms with Crippen molar-refractivity contribution in [1.82, 2.24) is 10.2 Å². The maximum atomic E-state index is 3.56. The molecule has 1 rings (SSSR count). The van der Waals surface area contributed by atoms with Crippen LogP contribution in [0.25, 0.3) is 0 Å². The van der Waals surface area contributed by atoms with Crippen molar-refractivity contribution in [3.8, 4) is 0 Å². The van der Waals surface area contributed by atoms with E-state index in [-0.39, 0.29) is 0 Å². The molecule has 0 bridgehead atoms. The second-order valence-corrected chi connectivity index (χ2v) is 5.31. The second kappa shape index (κ2) is 8.28. The average Bonchev–Trinajstić information content (AvgIpc) is 2.38. The first-order valence-corrected chi connectivity index (χ1v) is 7.14. The molecule has 0 radical (unpaired) electrons. The zero-order valence-corrected chi connectivity index (χ0v) is 12.3. The molecule has 0 spiro atoms. The topological polar surface area (TPSA) is 15.3 Å². The van der Waals surface area contributed by atoms with E-state index in [0.717, 1.165) is 19.6 Å². The van der Waals surface area contributed by atoms with Crippen molar-refractivity contribution in [2.45, 2.75) is 52.7 Å². The van der Waals surface area contributed by atoms with Gasteiger partial charge in [0.2, 0.25) is 0 Å². The third kappa shape index (κ3) is 5.65. The van der Waals surface area contributed by atoms with Crippen LogP contribution in [0, 0.1) is 0 Å². The van der Waals surface area contributed by atoms with Crippen molar-refractivity contribution in [2.24, 2.45) is 0 Å². The minimum atomic E-state index is 0.587. The van der Waals surface area contributed by atoms with Gasteiger partial charge in [-0.15, -0.1) is 0 Å². The highest BCUT2D eigenvalue weighted by molar-refractivity contribution is 5.14. The van der Waals surface area contributed by atoms with Gasteiger partial charge in [0, 0.05) is 31.7 Å². The van der Waals surface area contributed by atoms with Gasteiger partial charge >= 0.3 is 0 Å². The molecule has 102 valence electrons. The first-order chi connectivity index (χ1) is 8.63. The Morgan fingerprint density at radius 1 is 1.11 bits per heavy atom. The van der Waals surface area contributed by atoms with Gasteiger partial charge in [-0.2, -0.15) is 0 Å². The molecule has 1 atom stereocenters. The predicted molar refractivity (Wildman–Crippen MR) is 79.7 cm³/mol. The lowest BCUT2D eigenvalue weighted by molar-refractivity contribution is 0.211. The molecular formula is C16H28N2. The highest BCUT2D eigenvalue weighted by atomic mass is 15.2. The minimum Gasteiger partial charge on any atom is -0.313 e. The van der Waals surface area contributed by atoms with Gasteiger partial charge in [0.05, 0.1) is 0 Å². The number of benzene rings is 1. The standard InChI is InChI=1S/C16H28N2/c1-5-15(4)17-11-12-18(14(2)3)13-16-9-7-6-8-10-16/h6-10,14-15,17H,5,11-13H2,1-4H3. The lowest BCUT2D eigenvalue weighted by atomic mass is 10.2. The summed E-state index contributed by atoms with van der Waals surface area (Å²) in [5.74, 6) is 0. The van der Waals surface area contributed by atoms with Gasteiger partial charge in [0.15, 0.2) is 0 Å². The molecule has 1 aromatic rings. The molecule has 2 heteroatoms. The minimum absolute atomic E-state index is 0.587. The molecule has 0 fully saturated rings. The first-order valence-electron chi connectivity index (χ1n) is 7.14. The Morgan fingerprint density at radius 3 is 2.33 bits per heavy atom. The fraction of sp³-hybridized carbons (Fsp3) is 0.625. The first kappa shape index (κ1) is 15.2. The van der Waals surface area contributed by atoms with Gasteiger partial charge in [-0.1, -0.05) is 37.3 Å². The number of hydrogen-bond donors (Lipinski definition) is 1. The van der Waals surface area contributed by atoms with Gasteiger partial charge in [-0.05, 0) is 32.8 Å². The maximum absolute atomic E-state index is 3.56. The number of nitrogens with one attached hydrogen (secondary N) is 1. The summed E-state index contributed by atoms with van der Waals surface area (Å²) in [5.41, 5.74) is 1.40. The van der Waals surface area contributed by atoms with Crippen LogP contribution in [0.3, 0.4) is 0 Å². The number of nitrogens with zero attached hydrogens (tertiary/aromatic N) is 1. The van der Waals surface area contributed by atoms with Gasteiger partial charge in [-0.25, -0.2) is 0 Å². The van der Waals surface area contributed by atoms with Crippen molar-refractivity contribution in [1.29, 1.82) is 0 Å². The highest BCUT2D eigenvalue weighted by Crippen LogP contribution is 2.07. The summed E-state index contributed by atoms with van der Waals surface area (Å²) in [6.07, 6.45) is 1.19. The van der Waals surface area contributed by atoms with Crippen molar-refractivity contribution >= 4 is 0 Å². The third-order valence-corrected chi connectivity index (χ3v) is 3.46. The molecule has 18 heavy (non-hydrogen) atoms. The molecule has 0 aromatic heterocycles. The van der Waals surface area contributed by atoms with Crippen LogP contribution in [0.5, 0.6) is 0 Å². The van der Waals surface area contributed by atoms with E-state index in [1.165, 1.54) is 12.0 Å². The Labute approximate surface area is 112 Å². The largest absolute Gasteiger partial charge is 0.313 e. The molecule has 1 N–H and O–H groups in total. The summed E-state index contributed by atoms with van der Waals surface area (Å²) in [5, 5.41) is 3.56. The monoisotopic (exact) mass is 248 g/mol. The maximum Gasteiger partial charge on any atom is 0.0236 e. The number of rotatable bonds is 8. The third-order valence-electron chi connectivity index (χ3n) is 3.46. The molecule has 0 amide bonds. The van der Waals surface area contributed by atoms with Crippen molar-refractivity contribution in [2.75, 3.05) is 13.1 Å². The zero-order chi connectivity index (χ0) is 13.4. The van der Waals surface area contributed by atoms with E-state index in [9.17, 15) is 0 Å². The van der Waals surface area contributed by atoms with E-state index in [0.29, 0.717) is 12.1 Å². The zero-order valence-electron chi connectivity index (χ0n) is 12.3. The van der Waals surface area contributed by atoms with Gasteiger partial charge in [0.25, 0.3) is 0 Å². The number of hydrogen-bond acceptors (Lipinski definition) is 2. The highest BCUT2D eigenvalue weighted by Gasteiger charge is 2.09. The van der Waals surface area contributed by atoms with Crippen LogP contribution in [0.2, 0.25) is 0 Å². The Morgan fingerprint density at radius 2 is 1.78 bits per heavy atom. The lowest BCUT2D eigenvalue weighted by Crippen LogP contribution is -2.38.